The van der Waals surface area contributed by atoms with Crippen molar-refractivity contribution in [1.29, 1.82) is 0 Å². The molecular formula is C32H39Cl2F6N3O3. The van der Waals surface area contributed by atoms with Crippen LogP contribution in [0.1, 0.15) is 66.7 Å². The molecule has 0 saturated carbocycles. The van der Waals surface area contributed by atoms with Crippen LogP contribution in [0.25, 0.3) is 0 Å². The number of ether oxygens (including phenoxy) is 1. The Bertz CT molecular complexity index is 1290. The Morgan fingerprint density at radius 3 is 2.20 bits per heavy atom. The maximum atomic E-state index is 13.3. The molecule has 2 aromatic carbocycles. The highest BCUT2D eigenvalue weighted by atomic mass is 35.5. The lowest BCUT2D eigenvalue weighted by molar-refractivity contribution is -0.143. The molecule has 0 amide bonds. The highest BCUT2D eigenvalue weighted by Crippen LogP contribution is 2.37. The van der Waals surface area contributed by atoms with Gasteiger partial charge in [-0.2, -0.15) is 26.3 Å². The lowest BCUT2D eigenvalue weighted by atomic mass is 9.90. The molecule has 0 bridgehead atoms. The fraction of sp³-hybridized carbons (Fsp3) is 0.594. The first-order valence-corrected chi connectivity index (χ1v) is 16.1. The van der Waals surface area contributed by atoms with Crippen LogP contribution >= 0.6 is 23.2 Å². The number of halogens is 8. The van der Waals surface area contributed by atoms with Crippen molar-refractivity contribution in [1.82, 2.24) is 9.80 Å². The van der Waals surface area contributed by atoms with Gasteiger partial charge in [0.05, 0.1) is 46.7 Å². The number of benzene rings is 2. The summed E-state index contributed by atoms with van der Waals surface area (Å²) in [6.45, 7) is 2.89. The zero-order chi connectivity index (χ0) is 33.5. The lowest BCUT2D eigenvalue weighted by Gasteiger charge is -2.44. The number of aliphatic hydroxyl groups is 1. The van der Waals surface area contributed by atoms with Crippen molar-refractivity contribution < 1.29 is 41.0 Å². The van der Waals surface area contributed by atoms with E-state index in [1.807, 2.05) is 0 Å². The van der Waals surface area contributed by atoms with Crippen LogP contribution in [0, 0.1) is 0 Å². The van der Waals surface area contributed by atoms with Crippen LogP contribution in [0.15, 0.2) is 41.6 Å². The van der Waals surface area contributed by atoms with E-state index in [2.05, 4.69) is 15.0 Å². The summed E-state index contributed by atoms with van der Waals surface area (Å²) in [6.07, 6.45) is -4.09. The normalized spacial score (nSPS) is 20.2. The minimum atomic E-state index is -4.96. The first-order valence-electron chi connectivity index (χ1n) is 15.3. The molecule has 46 heavy (non-hydrogen) atoms. The molecule has 256 valence electrons. The Morgan fingerprint density at radius 1 is 0.935 bits per heavy atom. The molecule has 2 aromatic rings. The number of hydrogen-bond acceptors (Lipinski definition) is 6. The Balaban J connectivity index is 1.46. The minimum Gasteiger partial charge on any atom is -0.399 e. The van der Waals surface area contributed by atoms with E-state index in [9.17, 15) is 31.4 Å². The van der Waals surface area contributed by atoms with Crippen LogP contribution in [-0.2, 0) is 28.5 Å². The predicted molar refractivity (Wildman–Crippen MR) is 165 cm³/mol. The molecule has 2 unspecified atom stereocenters. The van der Waals surface area contributed by atoms with Crippen molar-refractivity contribution in [3.63, 3.8) is 0 Å². The van der Waals surface area contributed by atoms with Gasteiger partial charge in [-0.15, -0.1) is 0 Å². The van der Waals surface area contributed by atoms with E-state index in [0.717, 1.165) is 57.3 Å². The van der Waals surface area contributed by atoms with Crippen LogP contribution in [0.2, 0.25) is 10.0 Å². The SMILES string of the molecule is CO/N=C(\COCc1cc(C(F)(F)F)cc(C(F)(F)F)c1)C(CCN1CCC(N2CCCCC2CO)CC1)c1ccc(Cl)c(Cl)c1. The molecule has 0 aromatic heterocycles. The van der Waals surface area contributed by atoms with E-state index >= 15 is 0 Å². The quantitative estimate of drug-likeness (QED) is 0.138. The second-order valence-corrected chi connectivity index (χ2v) is 12.6. The third kappa shape index (κ3) is 9.96. The molecule has 2 saturated heterocycles. The van der Waals surface area contributed by atoms with Crippen molar-refractivity contribution in [2.45, 2.75) is 75.5 Å². The van der Waals surface area contributed by atoms with Gasteiger partial charge >= 0.3 is 12.4 Å². The summed E-state index contributed by atoms with van der Waals surface area (Å²) in [6, 6.07) is 7.18. The van der Waals surface area contributed by atoms with Gasteiger partial charge in [-0.3, -0.25) is 4.90 Å². The molecule has 14 heteroatoms. The Kier molecular flexibility index (Phi) is 13.1. The van der Waals surface area contributed by atoms with Crippen LogP contribution < -0.4 is 0 Å². The van der Waals surface area contributed by atoms with Gasteiger partial charge in [0.1, 0.15) is 7.11 Å². The standard InChI is InChI=1S/C32H39Cl2F6N3O3/c1-45-41-30(20-46-19-21-14-23(31(35,36)37)17-24(15-21)32(38,39)40)27(22-5-6-28(33)29(34)16-22)9-13-42-11-7-25(8-12-42)43-10-3-2-4-26(43)18-44/h5-6,14-17,25-27,44H,2-4,7-13,18-20H2,1H3/b41-30+. The maximum Gasteiger partial charge on any atom is 0.416 e. The van der Waals surface area contributed by atoms with Gasteiger partial charge in [0.25, 0.3) is 0 Å². The molecule has 2 atom stereocenters. The van der Waals surface area contributed by atoms with Gasteiger partial charge in [-0.1, -0.05) is 40.8 Å². The van der Waals surface area contributed by atoms with Crippen LogP contribution in [-0.4, -0.2) is 79.2 Å². The second kappa shape index (κ2) is 16.3. The van der Waals surface area contributed by atoms with Crippen LogP contribution in [0.5, 0.6) is 0 Å². The number of aliphatic hydroxyl groups excluding tert-OH is 1. The summed E-state index contributed by atoms with van der Waals surface area (Å²) >= 11 is 12.5. The number of nitrogens with zero attached hydrogens (tertiary/aromatic N) is 3. The minimum absolute atomic E-state index is 0.0852. The maximum absolute atomic E-state index is 13.3. The van der Waals surface area contributed by atoms with Gasteiger partial charge in [0.2, 0.25) is 0 Å². The number of alkyl halides is 6. The highest BCUT2D eigenvalue weighted by Gasteiger charge is 2.37. The smallest absolute Gasteiger partial charge is 0.399 e. The Hall–Kier alpha value is -2.09. The second-order valence-electron chi connectivity index (χ2n) is 11.8. The fourth-order valence-electron chi connectivity index (χ4n) is 6.42. The van der Waals surface area contributed by atoms with E-state index in [0.29, 0.717) is 46.9 Å². The average Bonchev–Trinajstić information content (AvgIpc) is 3.02. The van der Waals surface area contributed by atoms with Crippen molar-refractivity contribution in [2.24, 2.45) is 5.16 Å². The molecule has 2 fully saturated rings. The molecule has 2 aliphatic rings. The zero-order valence-electron chi connectivity index (χ0n) is 25.5. The molecular weight excluding hydrogens is 659 g/mol. The number of hydrogen-bond donors (Lipinski definition) is 1. The molecule has 6 nitrogen and oxygen atoms in total. The third-order valence-corrected chi connectivity index (χ3v) is 9.51. The summed E-state index contributed by atoms with van der Waals surface area (Å²) in [4.78, 5) is 9.91. The number of oxime groups is 1. The van der Waals surface area contributed by atoms with Crippen LogP contribution in [0.4, 0.5) is 26.3 Å². The zero-order valence-corrected chi connectivity index (χ0v) is 27.0. The molecule has 4 rings (SSSR count). The van der Waals surface area contributed by atoms with Gasteiger partial charge in [-0.25, -0.2) is 0 Å². The van der Waals surface area contributed by atoms with Crippen LogP contribution in [0.3, 0.4) is 0 Å². The van der Waals surface area contributed by atoms with Crippen molar-refractivity contribution in [3.05, 3.63) is 68.7 Å². The summed E-state index contributed by atoms with van der Waals surface area (Å²) in [5.74, 6) is -0.388. The van der Waals surface area contributed by atoms with Crippen molar-refractivity contribution in [3.8, 4) is 0 Å². The van der Waals surface area contributed by atoms with E-state index in [-0.39, 0.29) is 36.8 Å². The molecule has 1 N–H and O–H groups in total. The number of rotatable bonds is 12. The van der Waals surface area contributed by atoms with E-state index in [4.69, 9.17) is 32.8 Å². The first kappa shape index (κ1) is 36.7. The summed E-state index contributed by atoms with van der Waals surface area (Å²) < 4.78 is 85.8. The van der Waals surface area contributed by atoms with E-state index in [1.54, 1.807) is 18.2 Å². The number of piperidine rings is 2. The fourth-order valence-corrected chi connectivity index (χ4v) is 6.73. The first-order chi connectivity index (χ1) is 21.8. The predicted octanol–water partition coefficient (Wildman–Crippen LogP) is 8.04. The van der Waals surface area contributed by atoms with E-state index < -0.39 is 30.1 Å². The topological polar surface area (TPSA) is 57.5 Å². The summed E-state index contributed by atoms with van der Waals surface area (Å²) in [5.41, 5.74) is -1.92. The Morgan fingerprint density at radius 2 is 1.61 bits per heavy atom. The largest absolute Gasteiger partial charge is 0.416 e. The highest BCUT2D eigenvalue weighted by molar-refractivity contribution is 6.42. The molecule has 0 spiro atoms. The van der Waals surface area contributed by atoms with Gasteiger partial charge in [-0.05, 0) is 99.7 Å². The van der Waals surface area contributed by atoms with Crippen molar-refractivity contribution >= 4 is 28.9 Å². The Labute approximate surface area is 275 Å². The molecule has 2 heterocycles. The molecule has 2 aliphatic heterocycles. The molecule has 0 radical (unpaired) electrons. The lowest BCUT2D eigenvalue weighted by Crippen LogP contribution is -2.52. The van der Waals surface area contributed by atoms with Gasteiger partial charge in [0.15, 0.2) is 0 Å². The third-order valence-electron chi connectivity index (χ3n) is 8.77. The van der Waals surface area contributed by atoms with Gasteiger partial charge < -0.3 is 19.6 Å². The van der Waals surface area contributed by atoms with Gasteiger partial charge in [0, 0.05) is 18.0 Å². The molecule has 0 aliphatic carbocycles. The monoisotopic (exact) mass is 697 g/mol. The summed E-state index contributed by atoms with van der Waals surface area (Å²) in [5, 5.41) is 14.7. The van der Waals surface area contributed by atoms with Crippen molar-refractivity contribution in [2.75, 3.05) is 46.5 Å². The summed E-state index contributed by atoms with van der Waals surface area (Å²) in [7, 11) is 1.35. The average molecular weight is 699 g/mol. The van der Waals surface area contributed by atoms with E-state index in [1.165, 1.54) is 7.11 Å². The number of likely N-dealkylation sites (tertiary alicyclic amines) is 2.